The number of carbonyl (C=O) groups excluding carboxylic acids is 6. The molecule has 2 aromatic carbocycles. The van der Waals surface area contributed by atoms with Crippen molar-refractivity contribution < 1.29 is 61.3 Å². The van der Waals surface area contributed by atoms with Crippen molar-refractivity contribution in [1.29, 1.82) is 0 Å². The maximum absolute atomic E-state index is 13.3. The van der Waals surface area contributed by atoms with Gasteiger partial charge < -0.3 is 32.5 Å². The highest BCUT2D eigenvalue weighted by molar-refractivity contribution is 8.15. The Labute approximate surface area is 276 Å². The van der Waals surface area contributed by atoms with Gasteiger partial charge in [-0.2, -0.15) is 0 Å². The highest BCUT2D eigenvalue weighted by atomic mass is 32.2. The predicted molar refractivity (Wildman–Crippen MR) is 165 cm³/mol. The molecule has 0 saturated carbocycles. The third-order valence-corrected chi connectivity index (χ3v) is 8.06. The van der Waals surface area contributed by atoms with Gasteiger partial charge in [0.1, 0.15) is 5.78 Å². The minimum atomic E-state index is -1.43. The van der Waals surface area contributed by atoms with Crippen LogP contribution in [-0.2, 0) is 39.9 Å². The second-order valence-electron chi connectivity index (χ2n) is 9.91. The van der Waals surface area contributed by atoms with E-state index in [0.717, 1.165) is 0 Å². The number of Topliss-reactive ketones (excluding diaryl/α,β-unsaturated/α-hetero) is 1. The zero-order chi connectivity index (χ0) is 34.4. The van der Waals surface area contributed by atoms with Gasteiger partial charge in [0.15, 0.2) is 18.1 Å². The highest BCUT2D eigenvalue weighted by Gasteiger charge is 2.36. The van der Waals surface area contributed by atoms with Crippen molar-refractivity contribution in [2.45, 2.75) is 38.5 Å². The van der Waals surface area contributed by atoms with Crippen molar-refractivity contribution in [2.75, 3.05) is 19.3 Å². The van der Waals surface area contributed by atoms with Crippen LogP contribution in [0.4, 0.5) is 9.59 Å². The van der Waals surface area contributed by atoms with Crippen LogP contribution in [0.3, 0.4) is 0 Å². The minimum Gasteiger partial charge on any atom is -0.457 e. The van der Waals surface area contributed by atoms with Gasteiger partial charge in [-0.15, -0.1) is 0 Å². The van der Waals surface area contributed by atoms with Crippen molar-refractivity contribution in [3.8, 4) is 0 Å². The van der Waals surface area contributed by atoms with E-state index in [0.29, 0.717) is 23.5 Å². The van der Waals surface area contributed by atoms with Crippen LogP contribution in [-0.4, -0.2) is 58.4 Å². The monoisotopic (exact) mass is 690 g/mol. The third kappa shape index (κ3) is 12.1. The number of carbonyl (C=O) groups is 6. The van der Waals surface area contributed by atoms with Crippen LogP contribution in [0.1, 0.15) is 52.5 Å². The molecule has 0 spiro atoms. The molecule has 0 saturated heterocycles. The molecule has 0 N–H and O–H groups in total. The average Bonchev–Trinajstić information content (AvgIpc) is 3.38. The molecule has 0 aliphatic rings. The van der Waals surface area contributed by atoms with E-state index in [9.17, 15) is 33.6 Å². The molecular weight excluding hydrogens is 660 g/mol. The first-order valence-corrected chi connectivity index (χ1v) is 15.5. The lowest BCUT2D eigenvalue weighted by molar-refractivity contribution is -0.151. The summed E-state index contributed by atoms with van der Waals surface area (Å²) in [5.41, 5.74) is 0.503. The molecule has 3 rings (SSSR count). The van der Waals surface area contributed by atoms with Gasteiger partial charge in [-0.3, -0.25) is 9.59 Å². The molecule has 0 fully saturated rings. The Balaban J connectivity index is 1.55. The topological polar surface area (TPSA) is 192 Å². The smallest absolute Gasteiger partial charge is 0.457 e. The number of benzene rings is 2. The number of ether oxygens (including phenoxy) is 5. The van der Waals surface area contributed by atoms with E-state index >= 15 is 0 Å². The summed E-state index contributed by atoms with van der Waals surface area (Å²) in [6.07, 6.45) is -0.479. The van der Waals surface area contributed by atoms with E-state index in [-0.39, 0.29) is 28.4 Å². The quantitative estimate of drug-likeness (QED) is 0.113. The number of rotatable bonds is 15. The van der Waals surface area contributed by atoms with E-state index in [4.69, 9.17) is 32.5 Å². The summed E-state index contributed by atoms with van der Waals surface area (Å²) in [4.78, 5) is 86.4. The summed E-state index contributed by atoms with van der Waals surface area (Å²) >= 11 is 1.02. The van der Waals surface area contributed by atoms with Crippen LogP contribution < -0.4 is 5.82 Å². The van der Waals surface area contributed by atoms with Crippen molar-refractivity contribution in [3.63, 3.8) is 0 Å². The van der Waals surface area contributed by atoms with E-state index in [1.165, 1.54) is 45.0 Å². The van der Waals surface area contributed by atoms with E-state index < -0.39 is 77.4 Å². The number of ketones is 1. The normalized spacial score (nSPS) is 11.6. The molecule has 0 aliphatic heterocycles. The van der Waals surface area contributed by atoms with E-state index in [1.807, 2.05) is 0 Å². The number of esters is 3. The molecule has 1 atom stereocenters. The fourth-order valence-electron chi connectivity index (χ4n) is 3.52. The molecule has 47 heavy (non-hydrogen) atoms. The van der Waals surface area contributed by atoms with Crippen LogP contribution in [0.25, 0.3) is 0 Å². The Bertz CT molecular complexity index is 1610. The first-order valence-electron chi connectivity index (χ1n) is 13.7. The summed E-state index contributed by atoms with van der Waals surface area (Å²) in [7, 11) is 0. The Morgan fingerprint density at radius 2 is 1.28 bits per heavy atom. The lowest BCUT2D eigenvalue weighted by atomic mass is 9.97. The van der Waals surface area contributed by atoms with E-state index in [1.54, 1.807) is 36.4 Å². The Morgan fingerprint density at radius 3 is 1.79 bits per heavy atom. The highest BCUT2D eigenvalue weighted by Crippen LogP contribution is 2.31. The number of hydrogen-bond donors (Lipinski definition) is 0. The fraction of sp³-hybridized carbons (Fsp3) is 0.323. The van der Waals surface area contributed by atoms with Gasteiger partial charge in [0.25, 0.3) is 0 Å². The molecule has 0 unspecified atom stereocenters. The molecule has 250 valence electrons. The summed E-state index contributed by atoms with van der Waals surface area (Å²) in [5.74, 6) is -5.42. The SMILES string of the molecule is Cc1oc(=O)oc1COC(=O)[C@H](CSC(=O)OCOC(=O)c1ccccc1)CC(=O)C(C)(C)SC(=O)OCOC(=O)c1ccccc1. The van der Waals surface area contributed by atoms with Crippen LogP contribution in [0.2, 0.25) is 0 Å². The lowest BCUT2D eigenvalue weighted by Gasteiger charge is -2.23. The molecule has 14 nitrogen and oxygen atoms in total. The Morgan fingerprint density at radius 1 is 0.745 bits per heavy atom. The molecule has 1 aromatic heterocycles. The molecule has 0 aliphatic carbocycles. The zero-order valence-electron chi connectivity index (χ0n) is 25.4. The number of thioether (sulfide) groups is 2. The van der Waals surface area contributed by atoms with Crippen molar-refractivity contribution in [2.24, 2.45) is 5.92 Å². The number of hydrogen-bond acceptors (Lipinski definition) is 16. The molecule has 16 heteroatoms. The molecule has 1 heterocycles. The first kappa shape index (κ1) is 36.6. The molecular formula is C31H30O14S2. The Hall–Kier alpha value is -4.83. The van der Waals surface area contributed by atoms with Gasteiger partial charge in [0.2, 0.25) is 13.6 Å². The van der Waals surface area contributed by atoms with Crippen molar-refractivity contribution in [3.05, 3.63) is 93.9 Å². The van der Waals surface area contributed by atoms with Crippen LogP contribution in [0.5, 0.6) is 0 Å². The summed E-state index contributed by atoms with van der Waals surface area (Å²) < 4.78 is 33.0. The Kier molecular flexibility index (Phi) is 13.8. The standard InChI is InChI=1S/C31H30O14S2/c1-19-23(45-28(36)44-19)15-39-27(35)22(16-46-29(37)42-17-40-25(33)20-10-6-4-7-11-20)14-24(32)31(2,3)47-30(38)43-18-41-26(34)21-12-8-5-9-13-21/h4-13,22H,14-18H2,1-3H3/t22-/m0/s1. The first-order chi connectivity index (χ1) is 22.4. The second-order valence-corrected chi connectivity index (χ2v) is 12.4. The van der Waals surface area contributed by atoms with E-state index in [2.05, 4.69) is 0 Å². The molecule has 3 aromatic rings. The van der Waals surface area contributed by atoms with Crippen molar-refractivity contribution >= 4 is 57.8 Å². The van der Waals surface area contributed by atoms with Gasteiger partial charge in [-0.25, -0.2) is 24.0 Å². The molecule has 0 amide bonds. The van der Waals surface area contributed by atoms with Crippen LogP contribution in [0, 0.1) is 12.8 Å². The van der Waals surface area contributed by atoms with Crippen molar-refractivity contribution in [1.82, 2.24) is 0 Å². The lowest BCUT2D eigenvalue weighted by Crippen LogP contribution is -2.34. The zero-order valence-corrected chi connectivity index (χ0v) is 27.1. The third-order valence-electron chi connectivity index (χ3n) is 6.11. The summed E-state index contributed by atoms with van der Waals surface area (Å²) in [5, 5.41) is -1.83. The number of aryl methyl sites for hydroxylation is 1. The largest absolute Gasteiger partial charge is 0.519 e. The van der Waals surface area contributed by atoms with Crippen LogP contribution in [0.15, 0.2) is 74.3 Å². The predicted octanol–water partition coefficient (Wildman–Crippen LogP) is 5.31. The maximum Gasteiger partial charge on any atom is 0.519 e. The summed E-state index contributed by atoms with van der Waals surface area (Å²) in [6, 6.07) is 16.0. The van der Waals surface area contributed by atoms with Gasteiger partial charge in [0, 0.05) is 12.2 Å². The van der Waals surface area contributed by atoms with Gasteiger partial charge in [0.05, 0.1) is 21.8 Å². The van der Waals surface area contributed by atoms with Gasteiger partial charge in [-0.1, -0.05) is 36.4 Å². The fourth-order valence-corrected chi connectivity index (χ4v) is 4.97. The second kappa shape index (κ2) is 17.8. The minimum absolute atomic E-state index is 0.0488. The maximum atomic E-state index is 13.3. The average molecular weight is 691 g/mol. The van der Waals surface area contributed by atoms with Gasteiger partial charge >= 0.3 is 34.3 Å². The molecule has 0 radical (unpaired) electrons. The summed E-state index contributed by atoms with van der Waals surface area (Å²) in [6.45, 7) is 2.39. The molecule has 0 bridgehead atoms. The van der Waals surface area contributed by atoms with Crippen LogP contribution >= 0.6 is 23.5 Å². The van der Waals surface area contributed by atoms with Gasteiger partial charge in [-0.05, 0) is 68.6 Å².